The summed E-state index contributed by atoms with van der Waals surface area (Å²) >= 11 is 3.41. The van der Waals surface area contributed by atoms with Crippen LogP contribution in [0.25, 0.3) is 0 Å². The molecule has 2 N–H and O–H groups in total. The smallest absolute Gasteiger partial charge is 0.140 e. The van der Waals surface area contributed by atoms with Gasteiger partial charge in [0.2, 0.25) is 0 Å². The quantitative estimate of drug-likeness (QED) is 0.884. The summed E-state index contributed by atoms with van der Waals surface area (Å²) in [4.78, 5) is 4.18. The molecule has 1 aromatic heterocycles. The second-order valence-electron chi connectivity index (χ2n) is 3.97. The van der Waals surface area contributed by atoms with Crippen LogP contribution in [-0.4, -0.2) is 22.7 Å². The summed E-state index contributed by atoms with van der Waals surface area (Å²) in [5.74, 6) is 1.29. The van der Waals surface area contributed by atoms with Crippen LogP contribution in [-0.2, 0) is 0 Å². The van der Waals surface area contributed by atoms with Gasteiger partial charge < -0.3 is 10.4 Å². The Morgan fingerprint density at radius 3 is 3.00 bits per heavy atom. The molecule has 0 saturated heterocycles. The number of aromatic nitrogens is 1. The number of aliphatic hydroxyl groups is 1. The van der Waals surface area contributed by atoms with E-state index in [1.165, 1.54) is 6.42 Å². The number of nitrogens with one attached hydrogen (secondary N) is 1. The molecular weight excluding hydrogens is 256 g/mol. The normalized spacial score (nSPS) is 18.3. The number of hydrogen-bond donors (Lipinski definition) is 2. The van der Waals surface area contributed by atoms with Gasteiger partial charge in [0.05, 0.1) is 10.6 Å². The highest BCUT2D eigenvalue weighted by molar-refractivity contribution is 9.10. The lowest BCUT2D eigenvalue weighted by Crippen LogP contribution is -2.32. The monoisotopic (exact) mass is 270 g/mol. The summed E-state index contributed by atoms with van der Waals surface area (Å²) in [6.07, 6.45) is 5.07. The van der Waals surface area contributed by atoms with Gasteiger partial charge in [0.1, 0.15) is 5.82 Å². The third-order valence-corrected chi connectivity index (χ3v) is 3.57. The van der Waals surface area contributed by atoms with Crippen molar-refractivity contribution in [3.8, 4) is 0 Å². The van der Waals surface area contributed by atoms with Gasteiger partial charge in [-0.1, -0.05) is 6.42 Å². The first-order chi connectivity index (χ1) is 7.27. The summed E-state index contributed by atoms with van der Waals surface area (Å²) in [7, 11) is 0. The lowest BCUT2D eigenvalue weighted by Gasteiger charge is -2.30. The number of hydrogen-bond acceptors (Lipinski definition) is 3. The molecule has 0 aromatic carbocycles. The Hall–Kier alpha value is -0.610. The maximum Gasteiger partial charge on any atom is 0.140 e. The first-order valence-corrected chi connectivity index (χ1v) is 6.09. The van der Waals surface area contributed by atoms with Gasteiger partial charge in [-0.2, -0.15) is 0 Å². The third kappa shape index (κ3) is 2.69. The molecule has 1 atom stereocenters. The number of pyridine rings is 1. The summed E-state index contributed by atoms with van der Waals surface area (Å²) < 4.78 is 0.936. The highest BCUT2D eigenvalue weighted by atomic mass is 79.9. The van der Waals surface area contributed by atoms with Crippen molar-refractivity contribution in [2.45, 2.75) is 25.4 Å². The predicted octanol–water partition coefficient (Wildman–Crippen LogP) is 2.42. The summed E-state index contributed by atoms with van der Waals surface area (Å²) in [6, 6.07) is 3.81. The first-order valence-electron chi connectivity index (χ1n) is 5.30. The molecule has 82 valence electrons. The Balaban J connectivity index is 1.84. The van der Waals surface area contributed by atoms with Gasteiger partial charge >= 0.3 is 0 Å². The summed E-state index contributed by atoms with van der Waals surface area (Å²) in [6.45, 7) is 0.584. The van der Waals surface area contributed by atoms with Gasteiger partial charge in [-0.25, -0.2) is 4.98 Å². The Labute approximate surface area is 98.0 Å². The van der Waals surface area contributed by atoms with Gasteiger partial charge in [-0.3, -0.25) is 0 Å². The van der Waals surface area contributed by atoms with Crippen LogP contribution >= 0.6 is 15.9 Å². The molecule has 15 heavy (non-hydrogen) atoms. The molecule has 1 heterocycles. The molecule has 1 aliphatic carbocycles. The van der Waals surface area contributed by atoms with Crippen molar-refractivity contribution in [2.75, 3.05) is 11.9 Å². The molecule has 1 saturated carbocycles. The number of nitrogens with zero attached hydrogens (tertiary/aromatic N) is 1. The molecule has 1 aromatic rings. The lowest BCUT2D eigenvalue weighted by atomic mass is 9.81. The molecular formula is C11H15BrN2O. The largest absolute Gasteiger partial charge is 0.391 e. The maximum absolute atomic E-state index is 9.82. The van der Waals surface area contributed by atoms with Crippen LogP contribution in [0.3, 0.4) is 0 Å². The predicted molar refractivity (Wildman–Crippen MR) is 63.8 cm³/mol. The van der Waals surface area contributed by atoms with E-state index in [0.29, 0.717) is 12.5 Å². The maximum atomic E-state index is 9.82. The van der Waals surface area contributed by atoms with Crippen molar-refractivity contribution in [1.29, 1.82) is 0 Å². The van der Waals surface area contributed by atoms with Crippen molar-refractivity contribution >= 4 is 21.7 Å². The van der Waals surface area contributed by atoms with E-state index in [1.807, 2.05) is 12.1 Å². The average molecular weight is 271 g/mol. The van der Waals surface area contributed by atoms with Crippen molar-refractivity contribution in [3.05, 3.63) is 22.8 Å². The second-order valence-corrected chi connectivity index (χ2v) is 4.83. The van der Waals surface area contributed by atoms with E-state index in [2.05, 4.69) is 26.2 Å². The highest BCUT2D eigenvalue weighted by Gasteiger charge is 2.25. The van der Waals surface area contributed by atoms with Gasteiger partial charge in [-0.05, 0) is 46.8 Å². The van der Waals surface area contributed by atoms with E-state index in [0.717, 1.165) is 23.1 Å². The van der Waals surface area contributed by atoms with Crippen molar-refractivity contribution in [3.63, 3.8) is 0 Å². The number of rotatable bonds is 4. The molecule has 0 radical (unpaired) electrons. The minimum atomic E-state index is -0.243. The molecule has 0 spiro atoms. The van der Waals surface area contributed by atoms with Crippen molar-refractivity contribution in [1.82, 2.24) is 4.98 Å². The number of halogens is 1. The Bertz CT molecular complexity index is 328. The SMILES string of the molecule is OC(CNc1ncccc1Br)C1CCC1. The second kappa shape index (κ2) is 4.94. The molecule has 3 nitrogen and oxygen atoms in total. The minimum absolute atomic E-state index is 0.243. The minimum Gasteiger partial charge on any atom is -0.391 e. The van der Waals surface area contributed by atoms with Crippen LogP contribution in [0.2, 0.25) is 0 Å². The molecule has 2 rings (SSSR count). The van der Waals surface area contributed by atoms with Gasteiger partial charge in [0.25, 0.3) is 0 Å². The Morgan fingerprint density at radius 1 is 1.60 bits per heavy atom. The van der Waals surface area contributed by atoms with E-state index < -0.39 is 0 Å². The van der Waals surface area contributed by atoms with Crippen molar-refractivity contribution < 1.29 is 5.11 Å². The third-order valence-electron chi connectivity index (χ3n) is 2.93. The standard InChI is InChI=1S/C11H15BrN2O/c12-9-5-2-6-13-11(9)14-7-10(15)8-3-1-4-8/h2,5-6,8,10,15H,1,3-4,7H2,(H,13,14). The first kappa shape index (κ1) is 10.9. The van der Waals surface area contributed by atoms with E-state index in [1.54, 1.807) is 6.20 Å². The van der Waals surface area contributed by atoms with Gasteiger partial charge in [-0.15, -0.1) is 0 Å². The Kier molecular flexibility index (Phi) is 3.59. The fourth-order valence-electron chi connectivity index (χ4n) is 1.71. The fourth-order valence-corrected chi connectivity index (χ4v) is 2.10. The molecule has 1 unspecified atom stereocenters. The van der Waals surface area contributed by atoms with Crippen LogP contribution in [0, 0.1) is 5.92 Å². The molecule has 4 heteroatoms. The summed E-state index contributed by atoms with van der Waals surface area (Å²) in [5.41, 5.74) is 0. The van der Waals surface area contributed by atoms with E-state index in [4.69, 9.17) is 0 Å². The topological polar surface area (TPSA) is 45.1 Å². The molecule has 0 bridgehead atoms. The highest BCUT2D eigenvalue weighted by Crippen LogP contribution is 2.29. The lowest BCUT2D eigenvalue weighted by molar-refractivity contribution is 0.0729. The van der Waals surface area contributed by atoms with E-state index in [-0.39, 0.29) is 6.10 Å². The van der Waals surface area contributed by atoms with Crippen LogP contribution in [0.15, 0.2) is 22.8 Å². The molecule has 0 amide bonds. The Morgan fingerprint density at radius 2 is 2.40 bits per heavy atom. The van der Waals surface area contributed by atoms with Crippen LogP contribution in [0.1, 0.15) is 19.3 Å². The van der Waals surface area contributed by atoms with Crippen LogP contribution < -0.4 is 5.32 Å². The van der Waals surface area contributed by atoms with Crippen molar-refractivity contribution in [2.24, 2.45) is 5.92 Å². The zero-order valence-corrected chi connectivity index (χ0v) is 10.1. The van der Waals surface area contributed by atoms with E-state index >= 15 is 0 Å². The average Bonchev–Trinajstić information content (AvgIpc) is 2.14. The zero-order chi connectivity index (χ0) is 10.7. The molecule has 0 aliphatic heterocycles. The van der Waals surface area contributed by atoms with Crippen LogP contribution in [0.4, 0.5) is 5.82 Å². The molecule has 1 fully saturated rings. The zero-order valence-electron chi connectivity index (χ0n) is 8.49. The fraction of sp³-hybridized carbons (Fsp3) is 0.545. The van der Waals surface area contributed by atoms with Gasteiger partial charge in [0.15, 0.2) is 0 Å². The molecule has 1 aliphatic rings. The summed E-state index contributed by atoms with van der Waals surface area (Å²) in [5, 5.41) is 13.0. The van der Waals surface area contributed by atoms with Crippen LogP contribution in [0.5, 0.6) is 0 Å². The number of aliphatic hydroxyl groups excluding tert-OH is 1. The number of anilines is 1. The van der Waals surface area contributed by atoms with E-state index in [9.17, 15) is 5.11 Å². The van der Waals surface area contributed by atoms with Gasteiger partial charge in [0, 0.05) is 12.7 Å².